The highest BCUT2D eigenvalue weighted by atomic mass is 127. The molecule has 0 saturated heterocycles. The summed E-state index contributed by atoms with van der Waals surface area (Å²) in [6.07, 6.45) is 10.2. The molecule has 2 aliphatic carbocycles. The van der Waals surface area contributed by atoms with Crippen molar-refractivity contribution in [1.82, 2.24) is 0 Å². The van der Waals surface area contributed by atoms with Gasteiger partial charge in [0.2, 0.25) is 0 Å². The first-order valence-electron chi connectivity index (χ1n) is 16.2. The van der Waals surface area contributed by atoms with Crippen LogP contribution in [0.4, 0.5) is 11.4 Å². The van der Waals surface area contributed by atoms with Gasteiger partial charge in [-0.1, -0.05) is 38.1 Å². The Morgan fingerprint density at radius 3 is 1.71 bits per heavy atom. The minimum Gasteiger partial charge on any atom is -0.465 e. The number of hydrogen-bond acceptors (Lipinski definition) is 6. The molecule has 238 valence electrons. The van der Waals surface area contributed by atoms with E-state index in [1.165, 1.54) is 80.2 Å². The fourth-order valence-electron chi connectivity index (χ4n) is 6.49. The Bertz CT molecular complexity index is 1640. The van der Waals surface area contributed by atoms with Crippen LogP contribution in [-0.2, 0) is 9.47 Å². The smallest absolute Gasteiger partial charge is 0.337 e. The van der Waals surface area contributed by atoms with Crippen LogP contribution in [0.25, 0.3) is 21.5 Å². The molecule has 4 aromatic carbocycles. The van der Waals surface area contributed by atoms with Crippen molar-refractivity contribution in [2.24, 2.45) is 11.8 Å². The van der Waals surface area contributed by atoms with Gasteiger partial charge in [-0.15, -0.1) is 0 Å². The van der Waals surface area contributed by atoms with Crippen LogP contribution < -0.4 is 10.6 Å². The lowest BCUT2D eigenvalue weighted by atomic mass is 9.87. The molecule has 6 nitrogen and oxygen atoms in total. The van der Waals surface area contributed by atoms with E-state index in [9.17, 15) is 9.59 Å². The summed E-state index contributed by atoms with van der Waals surface area (Å²) in [5, 5.41) is 11.8. The molecule has 4 aromatic rings. The Balaban J connectivity index is 0.000000178. The van der Waals surface area contributed by atoms with Gasteiger partial charge in [0.15, 0.2) is 0 Å². The van der Waals surface area contributed by atoms with Crippen LogP contribution in [0.1, 0.15) is 85.9 Å². The summed E-state index contributed by atoms with van der Waals surface area (Å²) in [5.74, 6) is 1.15. The summed E-state index contributed by atoms with van der Waals surface area (Å²) in [4.78, 5) is 23.2. The van der Waals surface area contributed by atoms with Crippen molar-refractivity contribution >= 4 is 67.4 Å². The van der Waals surface area contributed by atoms with E-state index >= 15 is 0 Å². The molecule has 0 aliphatic heterocycles. The molecular weight excluding hydrogens is 675 g/mol. The Kier molecular flexibility index (Phi) is 11.2. The molecule has 2 saturated carbocycles. The van der Waals surface area contributed by atoms with Gasteiger partial charge < -0.3 is 20.1 Å². The van der Waals surface area contributed by atoms with E-state index in [-0.39, 0.29) is 11.9 Å². The first-order valence-corrected chi connectivity index (χ1v) is 17.3. The molecule has 2 fully saturated rings. The molecule has 0 amide bonds. The molecule has 2 N–H and O–H groups in total. The van der Waals surface area contributed by atoms with Gasteiger partial charge in [-0.3, -0.25) is 0 Å². The summed E-state index contributed by atoms with van der Waals surface area (Å²) in [6.45, 7) is 4.68. The first kappa shape index (κ1) is 33.0. The maximum absolute atomic E-state index is 11.7. The molecule has 0 unspecified atom stereocenters. The summed E-state index contributed by atoms with van der Waals surface area (Å²) in [7, 11) is 2.82. The van der Waals surface area contributed by atoms with Crippen LogP contribution >= 0.6 is 22.6 Å². The van der Waals surface area contributed by atoms with Gasteiger partial charge in [0.25, 0.3) is 0 Å². The number of carbonyl (C=O) groups excluding carboxylic acids is 2. The zero-order chi connectivity index (χ0) is 31.9. The zero-order valence-electron chi connectivity index (χ0n) is 26.8. The molecule has 0 radical (unpaired) electrons. The lowest BCUT2D eigenvalue weighted by Gasteiger charge is -2.28. The number of methoxy groups -OCH3 is 2. The molecule has 0 heterocycles. The Hall–Kier alpha value is -3.33. The molecule has 0 aromatic heterocycles. The average molecular weight is 721 g/mol. The van der Waals surface area contributed by atoms with Crippen molar-refractivity contribution in [3.8, 4) is 0 Å². The van der Waals surface area contributed by atoms with Crippen LogP contribution in [0.2, 0.25) is 0 Å². The fourth-order valence-corrected chi connectivity index (χ4v) is 7.32. The average Bonchev–Trinajstić information content (AvgIpc) is 3.07. The minimum atomic E-state index is -0.291. The third-order valence-electron chi connectivity index (χ3n) is 9.40. The highest BCUT2D eigenvalue weighted by Gasteiger charge is 2.20. The Morgan fingerprint density at radius 1 is 0.622 bits per heavy atom. The molecule has 0 bridgehead atoms. The maximum atomic E-state index is 11.7. The standard InChI is InChI=1S/C19H22INO2.C19H23NO2/c1-12-3-7-15(8-4-12)21-17-10-6-13-11-14(19(22)23-2)5-9-16(13)18(17)20;1-13-3-8-17(9-4-13)20-18-10-7-14-11-16(19(21)22-2)6-5-15(14)12-18/h5-6,9-12,15,21H,3-4,7-8H2,1-2H3;5-7,10-13,17,20H,3-4,8-9H2,1-2H3. The van der Waals surface area contributed by atoms with Crippen molar-refractivity contribution in [2.45, 2.75) is 77.3 Å². The third-order valence-corrected chi connectivity index (χ3v) is 10.6. The predicted octanol–water partition coefficient (Wildman–Crippen LogP) is 9.84. The van der Waals surface area contributed by atoms with Gasteiger partial charge in [-0.25, -0.2) is 9.59 Å². The molecule has 6 rings (SSSR count). The molecule has 45 heavy (non-hydrogen) atoms. The quantitative estimate of drug-likeness (QED) is 0.153. The summed E-state index contributed by atoms with van der Waals surface area (Å²) >= 11 is 2.40. The highest BCUT2D eigenvalue weighted by molar-refractivity contribution is 14.1. The normalized spacial score (nSPS) is 21.4. The van der Waals surface area contributed by atoms with Crippen LogP contribution in [-0.4, -0.2) is 38.2 Å². The van der Waals surface area contributed by atoms with Crippen molar-refractivity contribution in [3.05, 3.63) is 81.4 Å². The van der Waals surface area contributed by atoms with Gasteiger partial charge in [0, 0.05) is 27.0 Å². The summed E-state index contributed by atoms with van der Waals surface area (Å²) in [5.41, 5.74) is 3.55. The van der Waals surface area contributed by atoms with E-state index in [0.29, 0.717) is 23.2 Å². The van der Waals surface area contributed by atoms with Crippen LogP contribution in [0.15, 0.2) is 66.7 Å². The van der Waals surface area contributed by atoms with E-state index < -0.39 is 0 Å². The molecule has 0 atom stereocenters. The third kappa shape index (κ3) is 8.48. The number of carbonyl (C=O) groups is 2. The second kappa shape index (κ2) is 15.3. The number of esters is 2. The van der Waals surface area contributed by atoms with Gasteiger partial charge in [0.1, 0.15) is 0 Å². The van der Waals surface area contributed by atoms with Gasteiger partial charge >= 0.3 is 11.9 Å². The number of fused-ring (bicyclic) bond motifs is 2. The van der Waals surface area contributed by atoms with Gasteiger partial charge in [-0.2, -0.15) is 0 Å². The SMILES string of the molecule is COC(=O)c1ccc2c(I)c(NC3CCC(C)CC3)ccc2c1.COC(=O)c1ccc2cc(NC3CCC(C)CC3)ccc2c1. The van der Waals surface area contributed by atoms with E-state index in [2.05, 4.69) is 77.4 Å². The van der Waals surface area contributed by atoms with E-state index in [1.54, 1.807) is 0 Å². The zero-order valence-corrected chi connectivity index (χ0v) is 29.0. The van der Waals surface area contributed by atoms with Crippen LogP contribution in [0, 0.1) is 15.4 Å². The van der Waals surface area contributed by atoms with Gasteiger partial charge in [-0.05, 0) is 150 Å². The van der Waals surface area contributed by atoms with Crippen LogP contribution in [0.5, 0.6) is 0 Å². The highest BCUT2D eigenvalue weighted by Crippen LogP contribution is 2.32. The second-order valence-electron chi connectivity index (χ2n) is 12.8. The number of rotatable bonds is 6. The Morgan fingerprint density at radius 2 is 1.11 bits per heavy atom. The predicted molar refractivity (Wildman–Crippen MR) is 193 cm³/mol. The molecule has 7 heteroatoms. The number of nitrogens with one attached hydrogen (secondary N) is 2. The molecule has 2 aliphatic rings. The number of halogens is 1. The summed E-state index contributed by atoms with van der Waals surface area (Å²) in [6, 6.07) is 23.1. The Labute approximate surface area is 280 Å². The first-order chi connectivity index (χ1) is 21.7. The minimum absolute atomic E-state index is 0.291. The topological polar surface area (TPSA) is 76.7 Å². The van der Waals surface area contributed by atoms with Crippen molar-refractivity contribution in [2.75, 3.05) is 24.9 Å². The largest absolute Gasteiger partial charge is 0.465 e. The van der Waals surface area contributed by atoms with E-state index in [0.717, 1.165) is 33.7 Å². The number of benzene rings is 4. The van der Waals surface area contributed by atoms with Crippen molar-refractivity contribution in [1.29, 1.82) is 0 Å². The van der Waals surface area contributed by atoms with Crippen molar-refractivity contribution < 1.29 is 19.1 Å². The van der Waals surface area contributed by atoms with Crippen molar-refractivity contribution in [3.63, 3.8) is 0 Å². The molecular formula is C38H45IN2O4. The lowest BCUT2D eigenvalue weighted by molar-refractivity contribution is 0.0592. The monoisotopic (exact) mass is 720 g/mol. The summed E-state index contributed by atoms with van der Waals surface area (Å²) < 4.78 is 10.8. The maximum Gasteiger partial charge on any atom is 0.337 e. The number of anilines is 2. The number of hydrogen-bond donors (Lipinski definition) is 2. The number of ether oxygens (including phenoxy) is 2. The second-order valence-corrected chi connectivity index (χ2v) is 13.9. The van der Waals surface area contributed by atoms with E-state index in [1.807, 2.05) is 36.4 Å². The van der Waals surface area contributed by atoms with Crippen LogP contribution in [0.3, 0.4) is 0 Å². The lowest BCUT2D eigenvalue weighted by Crippen LogP contribution is -2.25. The fraction of sp³-hybridized carbons (Fsp3) is 0.421. The van der Waals surface area contributed by atoms with Gasteiger partial charge in [0.05, 0.1) is 25.3 Å². The van der Waals surface area contributed by atoms with E-state index in [4.69, 9.17) is 9.47 Å². The molecule has 0 spiro atoms.